The Balaban J connectivity index is 1.37. The van der Waals surface area contributed by atoms with E-state index in [-0.39, 0.29) is 0 Å². The Morgan fingerprint density at radius 1 is 0.960 bits per heavy atom. The van der Waals surface area contributed by atoms with Crippen LogP contribution >= 0.6 is 0 Å². The van der Waals surface area contributed by atoms with Crippen molar-refractivity contribution < 1.29 is 14.2 Å². The number of hydrogen-bond donors (Lipinski definition) is 0. The van der Waals surface area contributed by atoms with Gasteiger partial charge < -0.3 is 14.2 Å². The predicted molar refractivity (Wildman–Crippen MR) is 99.6 cm³/mol. The molecular formula is C21H31NO3. The Morgan fingerprint density at radius 3 is 2.48 bits per heavy atom. The molecule has 1 fully saturated rings. The Morgan fingerprint density at radius 2 is 1.72 bits per heavy atom. The molecule has 1 aromatic carbocycles. The first-order valence-electron chi connectivity index (χ1n) is 9.50. The lowest BCUT2D eigenvalue weighted by Gasteiger charge is -2.34. The maximum absolute atomic E-state index is 5.71. The van der Waals surface area contributed by atoms with Crippen molar-refractivity contribution in [2.75, 3.05) is 40.1 Å². The van der Waals surface area contributed by atoms with Crippen LogP contribution in [-0.4, -0.2) is 57.1 Å². The summed E-state index contributed by atoms with van der Waals surface area (Å²) in [7, 11) is 1.69. The van der Waals surface area contributed by atoms with Crippen molar-refractivity contribution in [2.24, 2.45) is 0 Å². The number of benzene rings is 1. The summed E-state index contributed by atoms with van der Waals surface area (Å²) >= 11 is 0. The average molecular weight is 345 g/mol. The van der Waals surface area contributed by atoms with Gasteiger partial charge in [0.15, 0.2) is 0 Å². The highest BCUT2D eigenvalue weighted by molar-refractivity contribution is 5.21. The highest BCUT2D eigenvalue weighted by Crippen LogP contribution is 2.36. The number of methoxy groups -OCH3 is 1. The van der Waals surface area contributed by atoms with E-state index in [0.717, 1.165) is 19.6 Å². The first-order chi connectivity index (χ1) is 12.4. The lowest BCUT2D eigenvalue weighted by Crippen LogP contribution is -2.38. The molecule has 4 nitrogen and oxygen atoms in total. The highest BCUT2D eigenvalue weighted by Gasteiger charge is 2.35. The maximum Gasteiger partial charge on any atom is 0.0701 e. The number of ether oxygens (including phenoxy) is 3. The molecule has 1 saturated heterocycles. The molecule has 25 heavy (non-hydrogen) atoms. The summed E-state index contributed by atoms with van der Waals surface area (Å²) < 4.78 is 16.1. The van der Waals surface area contributed by atoms with E-state index < -0.39 is 0 Å². The molecule has 2 aliphatic heterocycles. The summed E-state index contributed by atoms with van der Waals surface area (Å²) in [6.07, 6.45) is 7.40. The second-order valence-corrected chi connectivity index (χ2v) is 6.95. The van der Waals surface area contributed by atoms with E-state index in [1.54, 1.807) is 12.7 Å². The van der Waals surface area contributed by atoms with Gasteiger partial charge in [0.2, 0.25) is 0 Å². The molecule has 0 N–H and O–H groups in total. The van der Waals surface area contributed by atoms with Crippen LogP contribution in [0, 0.1) is 0 Å². The SMILES string of the molecule is COCCOCCOCCC1=CC2CCC(C1)N2Cc1ccccc1. The number of rotatable bonds is 11. The zero-order valence-electron chi connectivity index (χ0n) is 15.4. The van der Waals surface area contributed by atoms with Crippen LogP contribution in [0.15, 0.2) is 42.0 Å². The third-order valence-electron chi connectivity index (χ3n) is 5.20. The van der Waals surface area contributed by atoms with Crippen LogP contribution < -0.4 is 0 Å². The Kier molecular flexibility index (Phi) is 7.49. The van der Waals surface area contributed by atoms with E-state index in [1.165, 1.54) is 24.8 Å². The summed E-state index contributed by atoms with van der Waals surface area (Å²) in [6, 6.07) is 12.2. The van der Waals surface area contributed by atoms with Crippen LogP contribution in [0.2, 0.25) is 0 Å². The molecule has 2 aliphatic rings. The molecule has 4 heteroatoms. The molecule has 2 bridgehead atoms. The standard InChI is InChI=1S/C21H31NO3/c1-23-11-12-25-14-13-24-10-9-19-15-20-7-8-21(16-19)22(20)17-18-5-3-2-4-6-18/h2-6,15,20-21H,7-14,16-17H2,1H3. The lowest BCUT2D eigenvalue weighted by atomic mass is 9.98. The normalized spacial score (nSPS) is 23.0. The van der Waals surface area contributed by atoms with Gasteiger partial charge in [0.05, 0.1) is 33.0 Å². The summed E-state index contributed by atoms with van der Waals surface area (Å²) in [5.41, 5.74) is 3.00. The van der Waals surface area contributed by atoms with E-state index in [1.807, 2.05) is 0 Å². The van der Waals surface area contributed by atoms with Crippen molar-refractivity contribution in [3.8, 4) is 0 Å². The highest BCUT2D eigenvalue weighted by atomic mass is 16.5. The second-order valence-electron chi connectivity index (χ2n) is 6.95. The molecule has 3 rings (SSSR count). The van der Waals surface area contributed by atoms with Gasteiger partial charge in [-0.25, -0.2) is 0 Å². The smallest absolute Gasteiger partial charge is 0.0701 e. The molecule has 0 saturated carbocycles. The molecule has 0 aliphatic carbocycles. The minimum absolute atomic E-state index is 0.617. The van der Waals surface area contributed by atoms with Crippen molar-refractivity contribution in [3.63, 3.8) is 0 Å². The van der Waals surface area contributed by atoms with Gasteiger partial charge in [-0.15, -0.1) is 0 Å². The van der Waals surface area contributed by atoms with Crippen molar-refractivity contribution in [1.29, 1.82) is 0 Å². The summed E-state index contributed by atoms with van der Waals surface area (Å²) in [5.74, 6) is 0. The minimum Gasteiger partial charge on any atom is -0.382 e. The van der Waals surface area contributed by atoms with Crippen molar-refractivity contribution in [3.05, 3.63) is 47.5 Å². The average Bonchev–Trinajstić information content (AvgIpc) is 2.87. The zero-order chi connectivity index (χ0) is 17.3. The van der Waals surface area contributed by atoms with E-state index in [4.69, 9.17) is 14.2 Å². The Labute approximate surface area is 151 Å². The summed E-state index contributed by atoms with van der Waals surface area (Å²) in [6.45, 7) is 4.50. The van der Waals surface area contributed by atoms with Crippen LogP contribution in [0.5, 0.6) is 0 Å². The fourth-order valence-corrected chi connectivity index (χ4v) is 3.90. The largest absolute Gasteiger partial charge is 0.382 e. The van der Waals surface area contributed by atoms with Gasteiger partial charge in [0.1, 0.15) is 0 Å². The van der Waals surface area contributed by atoms with E-state index >= 15 is 0 Å². The molecule has 138 valence electrons. The van der Waals surface area contributed by atoms with Crippen LogP contribution in [0.1, 0.15) is 31.2 Å². The van der Waals surface area contributed by atoms with Gasteiger partial charge in [-0.3, -0.25) is 4.90 Å². The molecule has 2 unspecified atom stereocenters. The number of hydrogen-bond acceptors (Lipinski definition) is 4. The van der Waals surface area contributed by atoms with Gasteiger partial charge in [-0.2, -0.15) is 0 Å². The molecule has 1 aromatic rings. The molecule has 0 radical (unpaired) electrons. The van der Waals surface area contributed by atoms with E-state index in [2.05, 4.69) is 41.3 Å². The molecule has 0 spiro atoms. The summed E-state index contributed by atoms with van der Waals surface area (Å²) in [4.78, 5) is 2.68. The molecule has 0 aromatic heterocycles. The number of fused-ring (bicyclic) bond motifs is 2. The fraction of sp³-hybridized carbons (Fsp3) is 0.619. The quantitative estimate of drug-likeness (QED) is 0.454. The third kappa shape index (κ3) is 5.65. The third-order valence-corrected chi connectivity index (χ3v) is 5.20. The van der Waals surface area contributed by atoms with Gasteiger partial charge in [0, 0.05) is 25.7 Å². The molecule has 2 atom stereocenters. The fourth-order valence-electron chi connectivity index (χ4n) is 3.90. The van der Waals surface area contributed by atoms with E-state index in [0.29, 0.717) is 38.5 Å². The van der Waals surface area contributed by atoms with E-state index in [9.17, 15) is 0 Å². The second kappa shape index (κ2) is 10.1. The number of nitrogens with zero attached hydrogens (tertiary/aromatic N) is 1. The van der Waals surface area contributed by atoms with Gasteiger partial charge in [-0.1, -0.05) is 42.0 Å². The zero-order valence-corrected chi connectivity index (χ0v) is 15.4. The molecule has 0 amide bonds. The first-order valence-corrected chi connectivity index (χ1v) is 9.50. The van der Waals surface area contributed by atoms with Crippen LogP contribution in [0.4, 0.5) is 0 Å². The van der Waals surface area contributed by atoms with Crippen molar-refractivity contribution >= 4 is 0 Å². The van der Waals surface area contributed by atoms with Crippen LogP contribution in [0.25, 0.3) is 0 Å². The topological polar surface area (TPSA) is 30.9 Å². The predicted octanol–water partition coefficient (Wildman–Crippen LogP) is 3.42. The minimum atomic E-state index is 0.617. The van der Waals surface area contributed by atoms with Crippen molar-refractivity contribution in [2.45, 2.75) is 44.3 Å². The van der Waals surface area contributed by atoms with Gasteiger partial charge in [0.25, 0.3) is 0 Å². The first kappa shape index (κ1) is 18.6. The molecule has 2 heterocycles. The van der Waals surface area contributed by atoms with Gasteiger partial charge in [-0.05, 0) is 31.2 Å². The Bertz CT molecular complexity index is 531. The monoisotopic (exact) mass is 345 g/mol. The van der Waals surface area contributed by atoms with Gasteiger partial charge >= 0.3 is 0 Å². The lowest BCUT2D eigenvalue weighted by molar-refractivity contribution is 0.0252. The molecular weight excluding hydrogens is 314 g/mol. The van der Waals surface area contributed by atoms with Crippen molar-refractivity contribution in [1.82, 2.24) is 4.90 Å². The van der Waals surface area contributed by atoms with Crippen LogP contribution in [0.3, 0.4) is 0 Å². The summed E-state index contributed by atoms with van der Waals surface area (Å²) in [5, 5.41) is 0. The van der Waals surface area contributed by atoms with Crippen LogP contribution in [-0.2, 0) is 20.8 Å². The Hall–Kier alpha value is -1.20. The maximum atomic E-state index is 5.71.